The van der Waals surface area contributed by atoms with Gasteiger partial charge in [-0.3, -0.25) is 15.1 Å². The predicted octanol–water partition coefficient (Wildman–Crippen LogP) is 3.35. The minimum Gasteiger partial charge on any atom is -0.463 e. The van der Waals surface area contributed by atoms with Crippen LogP contribution in [0.15, 0.2) is 53.4 Å². The van der Waals surface area contributed by atoms with E-state index in [2.05, 4.69) is 15.3 Å². The molecule has 2 aromatic heterocycles. The number of rotatable bonds is 5. The zero-order valence-electron chi connectivity index (χ0n) is 17.4. The maximum Gasteiger partial charge on any atom is 0.341 e. The van der Waals surface area contributed by atoms with Gasteiger partial charge in [0, 0.05) is 23.5 Å². The highest BCUT2D eigenvalue weighted by molar-refractivity contribution is 5.96. The highest BCUT2D eigenvalue weighted by atomic mass is 19.1. The number of carbonyl (C=O) groups is 2. The maximum absolute atomic E-state index is 12.8. The van der Waals surface area contributed by atoms with Gasteiger partial charge in [0.2, 0.25) is 6.86 Å². The van der Waals surface area contributed by atoms with Gasteiger partial charge in [-0.1, -0.05) is 12.1 Å². The van der Waals surface area contributed by atoms with Gasteiger partial charge in [-0.15, -0.1) is 0 Å². The summed E-state index contributed by atoms with van der Waals surface area (Å²) in [6.45, 7) is -0.953. The van der Waals surface area contributed by atoms with E-state index in [0.717, 1.165) is 5.56 Å². The number of alkyl halides is 1. The lowest BCUT2D eigenvalue weighted by Crippen LogP contribution is -2.49. The Morgan fingerprint density at radius 3 is 2.85 bits per heavy atom. The van der Waals surface area contributed by atoms with Crippen LogP contribution in [0.5, 0.6) is 5.75 Å². The standard InChI is InChI=1S/C23H20FN3O6/c24-13-32-15-3-1-2-14(10-15)18-12-31-21(26-18)27-20(29)22(30)5-7-23(8-6-22)17-4-9-25-11-16(17)19(28)33-23/h1-4,9-12,30H,5-8,13H2,(H,26,27,29)/t22-,23-. The minimum absolute atomic E-state index is 0.0794. The number of fused-ring (bicyclic) bond motifs is 2. The fourth-order valence-electron chi connectivity index (χ4n) is 4.39. The molecule has 3 aromatic rings. The van der Waals surface area contributed by atoms with E-state index in [1.807, 2.05) is 0 Å². The summed E-state index contributed by atoms with van der Waals surface area (Å²) in [5, 5.41) is 13.5. The van der Waals surface area contributed by atoms with Gasteiger partial charge in [0.05, 0.1) is 5.56 Å². The molecule has 1 aliphatic heterocycles. The van der Waals surface area contributed by atoms with Crippen LogP contribution < -0.4 is 10.1 Å². The summed E-state index contributed by atoms with van der Waals surface area (Å²) >= 11 is 0. The van der Waals surface area contributed by atoms with Gasteiger partial charge in [0.1, 0.15) is 28.9 Å². The smallest absolute Gasteiger partial charge is 0.341 e. The largest absolute Gasteiger partial charge is 0.463 e. The number of nitrogens with one attached hydrogen (secondary N) is 1. The molecule has 0 unspecified atom stereocenters. The van der Waals surface area contributed by atoms with Crippen LogP contribution >= 0.6 is 0 Å². The number of amides is 1. The number of esters is 1. The number of halogens is 1. The van der Waals surface area contributed by atoms with E-state index in [-0.39, 0.29) is 31.7 Å². The van der Waals surface area contributed by atoms with E-state index in [4.69, 9.17) is 13.9 Å². The third kappa shape index (κ3) is 3.72. The first kappa shape index (κ1) is 21.1. The molecule has 1 spiro atoms. The summed E-state index contributed by atoms with van der Waals surface area (Å²) in [5.74, 6) is -0.764. The molecule has 33 heavy (non-hydrogen) atoms. The van der Waals surface area contributed by atoms with Crippen LogP contribution in [0, 0.1) is 0 Å². The van der Waals surface area contributed by atoms with E-state index in [1.165, 1.54) is 12.5 Å². The van der Waals surface area contributed by atoms with Crippen molar-refractivity contribution in [2.45, 2.75) is 36.9 Å². The molecule has 1 aliphatic carbocycles. The fourth-order valence-corrected chi connectivity index (χ4v) is 4.39. The SMILES string of the molecule is O=C1O[C@]2(CC[C@@](O)(C(=O)Nc3nc(-c4cccc(OCF)c4)co3)CC2)c2ccncc21. The van der Waals surface area contributed by atoms with E-state index >= 15 is 0 Å². The van der Waals surface area contributed by atoms with Crippen molar-refractivity contribution >= 4 is 17.9 Å². The molecule has 3 heterocycles. The third-order valence-electron chi connectivity index (χ3n) is 6.20. The summed E-state index contributed by atoms with van der Waals surface area (Å²) in [7, 11) is 0. The van der Waals surface area contributed by atoms with Crippen molar-refractivity contribution in [3.63, 3.8) is 0 Å². The van der Waals surface area contributed by atoms with Crippen LogP contribution in [-0.4, -0.2) is 39.4 Å². The average Bonchev–Trinajstić information content (AvgIpc) is 3.40. The third-order valence-corrected chi connectivity index (χ3v) is 6.20. The van der Waals surface area contributed by atoms with E-state index < -0.39 is 29.9 Å². The predicted molar refractivity (Wildman–Crippen MR) is 112 cm³/mol. The number of carbonyl (C=O) groups excluding carboxylic acids is 2. The fraction of sp³-hybridized carbons (Fsp3) is 0.304. The van der Waals surface area contributed by atoms with Gasteiger partial charge in [0.25, 0.3) is 5.91 Å². The summed E-state index contributed by atoms with van der Waals surface area (Å²) < 4.78 is 28.2. The molecule has 0 saturated heterocycles. The molecule has 1 saturated carbocycles. The molecule has 0 atom stereocenters. The first-order valence-corrected chi connectivity index (χ1v) is 10.4. The van der Waals surface area contributed by atoms with Crippen LogP contribution in [0.25, 0.3) is 11.3 Å². The second-order valence-electron chi connectivity index (χ2n) is 8.11. The van der Waals surface area contributed by atoms with Crippen LogP contribution in [-0.2, 0) is 15.1 Å². The zero-order chi connectivity index (χ0) is 23.1. The number of aromatic nitrogens is 2. The van der Waals surface area contributed by atoms with Crippen LogP contribution in [0.2, 0.25) is 0 Å². The summed E-state index contributed by atoms with van der Waals surface area (Å²) in [4.78, 5) is 33.2. The Balaban J connectivity index is 1.27. The quantitative estimate of drug-likeness (QED) is 0.564. The summed E-state index contributed by atoms with van der Waals surface area (Å²) in [5.41, 5.74) is -0.351. The van der Waals surface area contributed by atoms with Gasteiger partial charge in [-0.05, 0) is 43.9 Å². The molecule has 2 N–H and O–H groups in total. The number of hydrogen-bond donors (Lipinski definition) is 2. The molecular weight excluding hydrogens is 433 g/mol. The van der Waals surface area contributed by atoms with Gasteiger partial charge < -0.3 is 19.0 Å². The van der Waals surface area contributed by atoms with Crippen LogP contribution in [0.4, 0.5) is 10.4 Å². The average molecular weight is 453 g/mol. The topological polar surface area (TPSA) is 124 Å². The number of oxazole rings is 1. The Labute approximate surface area is 187 Å². The van der Waals surface area contributed by atoms with Gasteiger partial charge in [-0.2, -0.15) is 4.98 Å². The van der Waals surface area contributed by atoms with Crippen molar-refractivity contribution < 1.29 is 33.0 Å². The molecule has 1 aromatic carbocycles. The zero-order valence-corrected chi connectivity index (χ0v) is 17.4. The Morgan fingerprint density at radius 1 is 1.24 bits per heavy atom. The number of benzene rings is 1. The van der Waals surface area contributed by atoms with Crippen molar-refractivity contribution in [2.24, 2.45) is 0 Å². The van der Waals surface area contributed by atoms with Crippen molar-refractivity contribution in [3.8, 4) is 17.0 Å². The van der Waals surface area contributed by atoms with E-state index in [0.29, 0.717) is 22.6 Å². The van der Waals surface area contributed by atoms with Crippen molar-refractivity contribution in [1.29, 1.82) is 0 Å². The maximum atomic E-state index is 12.8. The van der Waals surface area contributed by atoms with Crippen molar-refractivity contribution in [3.05, 3.63) is 60.1 Å². The van der Waals surface area contributed by atoms with Crippen LogP contribution in [0.3, 0.4) is 0 Å². The van der Waals surface area contributed by atoms with Crippen molar-refractivity contribution in [1.82, 2.24) is 9.97 Å². The van der Waals surface area contributed by atoms with Gasteiger partial charge >= 0.3 is 12.0 Å². The number of anilines is 1. The minimum atomic E-state index is -1.67. The lowest BCUT2D eigenvalue weighted by Gasteiger charge is -2.40. The lowest BCUT2D eigenvalue weighted by atomic mass is 9.72. The lowest BCUT2D eigenvalue weighted by molar-refractivity contribution is -0.144. The number of hydrogen-bond acceptors (Lipinski definition) is 8. The van der Waals surface area contributed by atoms with Gasteiger partial charge in [-0.25, -0.2) is 9.18 Å². The first-order chi connectivity index (χ1) is 15.9. The molecule has 9 nitrogen and oxygen atoms in total. The summed E-state index contributed by atoms with van der Waals surface area (Å²) in [6.07, 6.45) is 5.16. The second-order valence-corrected chi connectivity index (χ2v) is 8.11. The number of ether oxygens (including phenoxy) is 2. The molecule has 1 fully saturated rings. The molecule has 2 aliphatic rings. The summed E-state index contributed by atoms with van der Waals surface area (Å²) in [6, 6.07) is 8.27. The van der Waals surface area contributed by atoms with Gasteiger partial charge in [0.15, 0.2) is 0 Å². The molecule has 10 heteroatoms. The van der Waals surface area contributed by atoms with Crippen molar-refractivity contribution in [2.75, 3.05) is 12.2 Å². The highest BCUT2D eigenvalue weighted by Crippen LogP contribution is 2.49. The van der Waals surface area contributed by atoms with E-state index in [1.54, 1.807) is 36.5 Å². The second kappa shape index (κ2) is 7.96. The monoisotopic (exact) mass is 453 g/mol. The Bertz CT molecular complexity index is 1220. The number of aliphatic hydroxyl groups is 1. The molecule has 0 bridgehead atoms. The molecule has 0 radical (unpaired) electrons. The number of nitrogens with zero attached hydrogens (tertiary/aromatic N) is 2. The Kier molecular flexibility index (Phi) is 5.09. The Morgan fingerprint density at radius 2 is 2.06 bits per heavy atom. The molecule has 5 rings (SSSR count). The normalized spacial score (nSPS) is 23.8. The number of pyridine rings is 1. The highest BCUT2D eigenvalue weighted by Gasteiger charge is 2.53. The van der Waals surface area contributed by atoms with E-state index in [9.17, 15) is 19.1 Å². The van der Waals surface area contributed by atoms with Crippen LogP contribution in [0.1, 0.15) is 41.6 Å². The first-order valence-electron chi connectivity index (χ1n) is 10.4. The molecular formula is C23H20FN3O6. The molecule has 1 amide bonds. The Hall–Kier alpha value is -3.79. The molecule has 170 valence electrons.